The largest absolute Gasteiger partial charge is 0.208 e. The third-order valence-corrected chi connectivity index (χ3v) is 10.7. The van der Waals surface area contributed by atoms with E-state index in [1.54, 1.807) is 0 Å². The maximum absolute atomic E-state index is 5.27. The highest BCUT2D eigenvalue weighted by atomic mass is 15.0. The van der Waals surface area contributed by atoms with E-state index >= 15 is 0 Å². The van der Waals surface area contributed by atoms with E-state index in [1.807, 2.05) is 18.2 Å². The van der Waals surface area contributed by atoms with Crippen LogP contribution in [0.2, 0.25) is 0 Å². The monoisotopic (exact) mass is 621 g/mol. The van der Waals surface area contributed by atoms with Gasteiger partial charge in [-0.25, -0.2) is 15.0 Å². The zero-order chi connectivity index (χ0) is 32.1. The molecule has 2 aliphatic rings. The molecule has 9 aromatic rings. The Morgan fingerprint density at radius 2 is 0.857 bits per heavy atom. The predicted molar refractivity (Wildman–Crippen MR) is 200 cm³/mol. The van der Waals surface area contributed by atoms with Crippen LogP contribution in [-0.2, 0) is 5.41 Å². The first-order valence-electron chi connectivity index (χ1n) is 16.8. The average molecular weight is 622 g/mol. The van der Waals surface area contributed by atoms with E-state index in [-0.39, 0.29) is 0 Å². The van der Waals surface area contributed by atoms with Crippen LogP contribution in [0, 0.1) is 0 Å². The number of hydrogen-bond donors (Lipinski definition) is 0. The molecule has 0 saturated heterocycles. The zero-order valence-electron chi connectivity index (χ0n) is 26.4. The molecule has 3 heteroatoms. The molecular formula is C46H27N3. The average Bonchev–Trinajstić information content (AvgIpc) is 3.65. The first kappa shape index (κ1) is 26.6. The second-order valence-electron chi connectivity index (χ2n) is 13.1. The van der Waals surface area contributed by atoms with Crippen molar-refractivity contribution < 1.29 is 0 Å². The Kier molecular flexibility index (Phi) is 5.31. The molecule has 0 bridgehead atoms. The van der Waals surface area contributed by atoms with E-state index in [1.165, 1.54) is 60.3 Å². The first-order valence-corrected chi connectivity index (χ1v) is 16.8. The normalized spacial score (nSPS) is 13.5. The van der Waals surface area contributed by atoms with Gasteiger partial charge in [0.25, 0.3) is 0 Å². The minimum Gasteiger partial charge on any atom is -0.208 e. The van der Waals surface area contributed by atoms with Crippen molar-refractivity contribution in [1.82, 2.24) is 15.0 Å². The molecule has 1 heterocycles. The maximum Gasteiger partial charge on any atom is 0.164 e. The van der Waals surface area contributed by atoms with Crippen molar-refractivity contribution in [3.05, 3.63) is 186 Å². The lowest BCUT2D eigenvalue weighted by atomic mass is 9.70. The number of rotatable bonds is 3. The fourth-order valence-electron chi connectivity index (χ4n) is 8.69. The summed E-state index contributed by atoms with van der Waals surface area (Å²) in [5.41, 5.74) is 10.2. The third-order valence-electron chi connectivity index (χ3n) is 10.7. The molecular weight excluding hydrogens is 595 g/mol. The van der Waals surface area contributed by atoms with Crippen LogP contribution >= 0.6 is 0 Å². The molecule has 49 heavy (non-hydrogen) atoms. The van der Waals surface area contributed by atoms with Crippen LogP contribution in [0.5, 0.6) is 0 Å². The van der Waals surface area contributed by atoms with Gasteiger partial charge in [0.05, 0.1) is 5.41 Å². The number of benzene rings is 8. The highest BCUT2D eigenvalue weighted by Crippen LogP contribution is 2.63. The lowest BCUT2D eigenvalue weighted by Gasteiger charge is -2.31. The molecule has 0 atom stereocenters. The quantitative estimate of drug-likeness (QED) is 0.184. The minimum atomic E-state index is -0.443. The Morgan fingerprint density at radius 1 is 0.327 bits per heavy atom. The van der Waals surface area contributed by atoms with Gasteiger partial charge >= 0.3 is 0 Å². The molecule has 1 aromatic heterocycles. The minimum absolute atomic E-state index is 0.443. The summed E-state index contributed by atoms with van der Waals surface area (Å²) in [6.45, 7) is 0. The highest BCUT2D eigenvalue weighted by molar-refractivity contribution is 6.17. The number of hydrogen-bond acceptors (Lipinski definition) is 3. The molecule has 0 N–H and O–H groups in total. The van der Waals surface area contributed by atoms with E-state index in [0.717, 1.165) is 22.1 Å². The molecule has 0 saturated carbocycles. The van der Waals surface area contributed by atoms with Crippen molar-refractivity contribution in [3.63, 3.8) is 0 Å². The second kappa shape index (κ2) is 9.79. The van der Waals surface area contributed by atoms with Gasteiger partial charge in [-0.15, -0.1) is 0 Å². The SMILES string of the molecule is c1ccc(-c2nc(-c3ccc4ccccc4c3)nc(-c3cccc4c3-c3ccccc3C43c4cccc5ccc6cccc3c6c45)n2)cc1. The van der Waals surface area contributed by atoms with Gasteiger partial charge in [-0.3, -0.25) is 0 Å². The summed E-state index contributed by atoms with van der Waals surface area (Å²) in [6.07, 6.45) is 0. The smallest absolute Gasteiger partial charge is 0.164 e. The van der Waals surface area contributed by atoms with Crippen molar-refractivity contribution >= 4 is 32.3 Å². The molecule has 3 nitrogen and oxygen atoms in total. The summed E-state index contributed by atoms with van der Waals surface area (Å²) in [4.78, 5) is 15.6. The van der Waals surface area contributed by atoms with E-state index in [9.17, 15) is 0 Å². The summed E-state index contributed by atoms with van der Waals surface area (Å²) in [5, 5.41) is 7.61. The molecule has 1 spiro atoms. The fourth-order valence-corrected chi connectivity index (χ4v) is 8.69. The van der Waals surface area contributed by atoms with Crippen LogP contribution < -0.4 is 0 Å². The highest BCUT2D eigenvalue weighted by Gasteiger charge is 2.51. The summed E-state index contributed by atoms with van der Waals surface area (Å²) in [7, 11) is 0. The molecule has 0 amide bonds. The van der Waals surface area contributed by atoms with Gasteiger partial charge in [0.15, 0.2) is 17.5 Å². The van der Waals surface area contributed by atoms with Crippen LogP contribution in [0.4, 0.5) is 0 Å². The number of fused-ring (bicyclic) bond motifs is 8. The van der Waals surface area contributed by atoms with Crippen molar-refractivity contribution in [1.29, 1.82) is 0 Å². The van der Waals surface area contributed by atoms with Crippen molar-refractivity contribution in [2.75, 3.05) is 0 Å². The van der Waals surface area contributed by atoms with Crippen LogP contribution in [-0.4, -0.2) is 15.0 Å². The van der Waals surface area contributed by atoms with Crippen LogP contribution in [0.25, 0.3) is 77.6 Å². The molecule has 0 fully saturated rings. The standard InChI is InChI=1S/C46H27N3/c1-2-12-31(13-3-1)43-47-44(33-26-23-28-11-4-5-14-32(28)27-33)49-45(48-43)35-18-10-22-39-42(35)34-17-6-7-19-36(34)46(39)37-20-8-15-29-24-25-30-16-9-21-38(46)41(30)40(29)37/h1-27H. The first-order chi connectivity index (χ1) is 24.3. The van der Waals surface area contributed by atoms with Gasteiger partial charge in [-0.05, 0) is 71.8 Å². The van der Waals surface area contributed by atoms with E-state index < -0.39 is 5.41 Å². The molecule has 0 radical (unpaired) electrons. The molecule has 11 rings (SSSR count). The molecule has 2 aliphatic carbocycles. The molecule has 0 unspecified atom stereocenters. The van der Waals surface area contributed by atoms with Crippen molar-refractivity contribution in [2.45, 2.75) is 5.41 Å². The Balaban J connectivity index is 1.22. The van der Waals surface area contributed by atoms with E-state index in [4.69, 9.17) is 15.0 Å². The van der Waals surface area contributed by atoms with Gasteiger partial charge in [-0.1, -0.05) is 158 Å². The topological polar surface area (TPSA) is 38.7 Å². The van der Waals surface area contributed by atoms with Gasteiger partial charge in [0, 0.05) is 16.7 Å². The summed E-state index contributed by atoms with van der Waals surface area (Å²) in [5.74, 6) is 2.00. The Hall–Kier alpha value is -6.45. The summed E-state index contributed by atoms with van der Waals surface area (Å²) in [6, 6.07) is 58.9. The lowest BCUT2D eigenvalue weighted by Crippen LogP contribution is -2.26. The zero-order valence-corrected chi connectivity index (χ0v) is 26.4. The van der Waals surface area contributed by atoms with Gasteiger partial charge in [0.2, 0.25) is 0 Å². The molecule has 8 aromatic carbocycles. The molecule has 0 aliphatic heterocycles. The van der Waals surface area contributed by atoms with Crippen LogP contribution in [0.15, 0.2) is 164 Å². The Labute approximate surface area is 283 Å². The fraction of sp³-hybridized carbons (Fsp3) is 0.0217. The van der Waals surface area contributed by atoms with Crippen molar-refractivity contribution in [3.8, 4) is 45.3 Å². The summed E-state index contributed by atoms with van der Waals surface area (Å²) >= 11 is 0. The Bertz CT molecular complexity index is 2770. The Morgan fingerprint density at radius 3 is 1.63 bits per heavy atom. The molecule has 226 valence electrons. The van der Waals surface area contributed by atoms with E-state index in [2.05, 4.69) is 146 Å². The van der Waals surface area contributed by atoms with Gasteiger partial charge < -0.3 is 0 Å². The number of nitrogens with zero attached hydrogens (tertiary/aromatic N) is 3. The maximum atomic E-state index is 5.27. The van der Waals surface area contributed by atoms with Gasteiger partial charge in [-0.2, -0.15) is 0 Å². The third kappa shape index (κ3) is 3.54. The second-order valence-corrected chi connectivity index (χ2v) is 13.1. The predicted octanol–water partition coefficient (Wildman–Crippen LogP) is 11.0. The van der Waals surface area contributed by atoms with Gasteiger partial charge in [0.1, 0.15) is 0 Å². The van der Waals surface area contributed by atoms with Crippen LogP contribution in [0.3, 0.4) is 0 Å². The van der Waals surface area contributed by atoms with Crippen LogP contribution in [0.1, 0.15) is 22.3 Å². The number of aromatic nitrogens is 3. The van der Waals surface area contributed by atoms with Crippen molar-refractivity contribution in [2.24, 2.45) is 0 Å². The van der Waals surface area contributed by atoms with E-state index in [0.29, 0.717) is 17.5 Å². The lowest BCUT2D eigenvalue weighted by molar-refractivity contribution is 0.797. The summed E-state index contributed by atoms with van der Waals surface area (Å²) < 4.78 is 0.